The zero-order valence-corrected chi connectivity index (χ0v) is 9.53. The van der Waals surface area contributed by atoms with Crippen LogP contribution in [0.2, 0.25) is 0 Å². The van der Waals surface area contributed by atoms with Crippen LogP contribution in [0.25, 0.3) is 0 Å². The van der Waals surface area contributed by atoms with Crippen molar-refractivity contribution in [3.05, 3.63) is 18.2 Å². The van der Waals surface area contributed by atoms with Gasteiger partial charge >= 0.3 is 6.36 Å². The summed E-state index contributed by atoms with van der Waals surface area (Å²) in [5.41, 5.74) is 5.73. The zero-order valence-electron chi connectivity index (χ0n) is 9.53. The lowest BCUT2D eigenvalue weighted by Gasteiger charge is -2.18. The molecular formula is C11H9F3N2O3. The molecule has 5 nitrogen and oxygen atoms in total. The third-order valence-electron chi connectivity index (χ3n) is 2.51. The number of nitrogens with two attached hydrogens (primary N) is 1. The Hall–Kier alpha value is -2.25. The van der Waals surface area contributed by atoms with E-state index in [4.69, 9.17) is 5.73 Å². The second-order valence-corrected chi connectivity index (χ2v) is 3.96. The highest BCUT2D eigenvalue weighted by Gasteiger charge is 2.33. The minimum absolute atomic E-state index is 0.0394. The standard InChI is InChI=1S/C11H9F3N2O3/c12-11(13,14)19-7-1-2-8(15)9(4-7)16-5-6(17)3-10(16)18/h1-2,4H,3,5,15H2. The van der Waals surface area contributed by atoms with E-state index in [1.165, 1.54) is 6.07 Å². The SMILES string of the molecule is Nc1ccc(OC(F)(F)F)cc1N1CC(=O)CC1=O. The molecule has 0 aliphatic carbocycles. The fraction of sp³-hybridized carbons (Fsp3) is 0.273. The molecule has 8 heteroatoms. The second kappa shape index (κ2) is 4.45. The molecule has 1 heterocycles. The predicted molar refractivity (Wildman–Crippen MR) is 59.5 cm³/mol. The summed E-state index contributed by atoms with van der Waals surface area (Å²) in [6, 6.07) is 3.21. The van der Waals surface area contributed by atoms with Gasteiger partial charge in [-0.25, -0.2) is 0 Å². The highest BCUT2D eigenvalue weighted by Crippen LogP contribution is 2.32. The molecule has 1 aliphatic heterocycles. The number of benzene rings is 1. The minimum atomic E-state index is -4.84. The summed E-state index contributed by atoms with van der Waals surface area (Å²) < 4.78 is 40.0. The number of amides is 1. The third-order valence-corrected chi connectivity index (χ3v) is 2.51. The number of hydrogen-bond acceptors (Lipinski definition) is 4. The smallest absolute Gasteiger partial charge is 0.406 e. The monoisotopic (exact) mass is 274 g/mol. The van der Waals surface area contributed by atoms with Crippen molar-refractivity contribution in [2.45, 2.75) is 12.8 Å². The summed E-state index contributed by atoms with van der Waals surface area (Å²) >= 11 is 0. The summed E-state index contributed by atoms with van der Waals surface area (Å²) in [6.07, 6.45) is -5.11. The quantitative estimate of drug-likeness (QED) is 0.654. The van der Waals surface area contributed by atoms with E-state index >= 15 is 0 Å². The number of ether oxygens (including phenoxy) is 1. The molecule has 0 spiro atoms. The van der Waals surface area contributed by atoms with Crippen LogP contribution in [-0.2, 0) is 9.59 Å². The van der Waals surface area contributed by atoms with E-state index in [1.54, 1.807) is 0 Å². The van der Waals surface area contributed by atoms with Crippen LogP contribution in [0.5, 0.6) is 5.75 Å². The molecule has 2 N–H and O–H groups in total. The van der Waals surface area contributed by atoms with Crippen molar-refractivity contribution in [3.63, 3.8) is 0 Å². The largest absolute Gasteiger partial charge is 0.573 e. The Balaban J connectivity index is 2.32. The topological polar surface area (TPSA) is 72.6 Å². The number of nitrogens with zero attached hydrogens (tertiary/aromatic N) is 1. The van der Waals surface area contributed by atoms with Gasteiger partial charge in [-0.1, -0.05) is 0 Å². The van der Waals surface area contributed by atoms with E-state index in [0.717, 1.165) is 17.0 Å². The van der Waals surface area contributed by atoms with Gasteiger partial charge in [-0.15, -0.1) is 13.2 Å². The average Bonchev–Trinajstić information content (AvgIpc) is 2.58. The first-order valence-corrected chi connectivity index (χ1v) is 5.23. The minimum Gasteiger partial charge on any atom is -0.406 e. The Morgan fingerprint density at radius 2 is 1.95 bits per heavy atom. The van der Waals surface area contributed by atoms with E-state index < -0.39 is 18.0 Å². The number of ketones is 1. The molecule has 0 radical (unpaired) electrons. The molecule has 0 bridgehead atoms. The summed E-state index contributed by atoms with van der Waals surface area (Å²) in [5.74, 6) is -1.31. The lowest BCUT2D eigenvalue weighted by molar-refractivity contribution is -0.274. The van der Waals surface area contributed by atoms with E-state index in [1.807, 2.05) is 0 Å². The normalized spacial score (nSPS) is 16.1. The average molecular weight is 274 g/mol. The van der Waals surface area contributed by atoms with Gasteiger partial charge in [0.05, 0.1) is 24.3 Å². The third kappa shape index (κ3) is 2.95. The number of anilines is 2. The molecule has 0 atom stereocenters. The van der Waals surface area contributed by atoms with Crippen LogP contribution in [0.1, 0.15) is 6.42 Å². The molecule has 19 heavy (non-hydrogen) atoms. The molecule has 2 rings (SSSR count). The second-order valence-electron chi connectivity index (χ2n) is 3.96. The van der Waals surface area contributed by atoms with Gasteiger partial charge in [-0.3, -0.25) is 9.59 Å². The first-order valence-electron chi connectivity index (χ1n) is 5.23. The molecule has 1 aliphatic rings. The molecule has 102 valence electrons. The fourth-order valence-electron chi connectivity index (χ4n) is 1.76. The van der Waals surface area contributed by atoms with Crippen molar-refractivity contribution in [2.75, 3.05) is 17.2 Å². The summed E-state index contributed by atoms with van der Waals surface area (Å²) in [7, 11) is 0. The van der Waals surface area contributed by atoms with E-state index in [0.29, 0.717) is 0 Å². The first-order chi connectivity index (χ1) is 8.76. The predicted octanol–water partition coefficient (Wildman–Crippen LogP) is 1.47. The van der Waals surface area contributed by atoms with Crippen LogP contribution < -0.4 is 15.4 Å². The number of halogens is 3. The summed E-state index contributed by atoms with van der Waals surface area (Å²) in [5, 5.41) is 0. The molecule has 1 amide bonds. The number of hydrogen-bond donors (Lipinski definition) is 1. The van der Waals surface area contributed by atoms with Gasteiger partial charge in [0, 0.05) is 6.07 Å². The van der Waals surface area contributed by atoms with Crippen LogP contribution >= 0.6 is 0 Å². The summed E-state index contributed by atoms with van der Waals surface area (Å²) in [4.78, 5) is 23.7. The molecule has 0 unspecified atom stereocenters. The van der Waals surface area contributed by atoms with Gasteiger partial charge in [0.2, 0.25) is 5.91 Å². The maximum Gasteiger partial charge on any atom is 0.573 e. The van der Waals surface area contributed by atoms with Gasteiger partial charge in [0.1, 0.15) is 5.75 Å². The van der Waals surface area contributed by atoms with Crippen molar-refractivity contribution in [1.29, 1.82) is 0 Å². The van der Waals surface area contributed by atoms with Crippen LogP contribution in [0, 0.1) is 0 Å². The molecule has 1 aromatic rings. The van der Waals surface area contributed by atoms with Crippen LogP contribution in [0.4, 0.5) is 24.5 Å². The Bertz CT molecular complexity index is 542. The van der Waals surface area contributed by atoms with Gasteiger partial charge in [-0.05, 0) is 12.1 Å². The van der Waals surface area contributed by atoms with Crippen LogP contribution in [0.15, 0.2) is 18.2 Å². The van der Waals surface area contributed by atoms with Crippen molar-refractivity contribution >= 4 is 23.1 Å². The van der Waals surface area contributed by atoms with Gasteiger partial charge in [-0.2, -0.15) is 0 Å². The number of alkyl halides is 3. The van der Waals surface area contributed by atoms with Crippen LogP contribution in [0.3, 0.4) is 0 Å². The maximum atomic E-state index is 12.1. The first kappa shape index (κ1) is 13.2. The molecule has 0 saturated carbocycles. The molecular weight excluding hydrogens is 265 g/mol. The van der Waals surface area contributed by atoms with E-state index in [2.05, 4.69) is 4.74 Å². The zero-order chi connectivity index (χ0) is 14.2. The van der Waals surface area contributed by atoms with Crippen molar-refractivity contribution in [2.24, 2.45) is 0 Å². The number of nitrogen functional groups attached to an aromatic ring is 1. The lowest BCUT2D eigenvalue weighted by atomic mass is 10.2. The Kier molecular flexibility index (Phi) is 3.09. The van der Waals surface area contributed by atoms with Crippen molar-refractivity contribution < 1.29 is 27.5 Å². The highest BCUT2D eigenvalue weighted by atomic mass is 19.4. The van der Waals surface area contributed by atoms with Crippen molar-refractivity contribution in [3.8, 4) is 5.75 Å². The van der Waals surface area contributed by atoms with Gasteiger partial charge in [0.25, 0.3) is 0 Å². The molecule has 1 fully saturated rings. The molecule has 0 aromatic heterocycles. The number of carbonyl (C=O) groups is 2. The lowest BCUT2D eigenvalue weighted by Crippen LogP contribution is -2.26. The van der Waals surface area contributed by atoms with Crippen LogP contribution in [-0.4, -0.2) is 24.6 Å². The number of rotatable bonds is 2. The fourth-order valence-corrected chi connectivity index (χ4v) is 1.76. The Morgan fingerprint density at radius 3 is 2.47 bits per heavy atom. The number of carbonyl (C=O) groups excluding carboxylic acids is 2. The molecule has 1 saturated heterocycles. The van der Waals surface area contributed by atoms with E-state index in [-0.39, 0.29) is 30.1 Å². The summed E-state index contributed by atoms with van der Waals surface area (Å²) in [6.45, 7) is -0.196. The Labute approximate surface area is 105 Å². The van der Waals surface area contributed by atoms with Gasteiger partial charge < -0.3 is 15.4 Å². The van der Waals surface area contributed by atoms with Gasteiger partial charge in [0.15, 0.2) is 5.78 Å². The number of Topliss-reactive ketones (excluding diaryl/α,β-unsaturated/α-hetero) is 1. The maximum absolute atomic E-state index is 12.1. The van der Waals surface area contributed by atoms with Crippen molar-refractivity contribution in [1.82, 2.24) is 0 Å². The molecule has 1 aromatic carbocycles. The van der Waals surface area contributed by atoms with E-state index in [9.17, 15) is 22.8 Å². The highest BCUT2D eigenvalue weighted by molar-refractivity contribution is 6.16. The Morgan fingerprint density at radius 1 is 1.26 bits per heavy atom.